The molecule has 0 aliphatic carbocycles. The van der Waals surface area contributed by atoms with Gasteiger partial charge in [0.15, 0.2) is 0 Å². The van der Waals surface area contributed by atoms with Gasteiger partial charge in [0.2, 0.25) is 0 Å². The topological polar surface area (TPSA) is 77.4 Å². The van der Waals surface area contributed by atoms with Gasteiger partial charge in [0.05, 0.1) is 9.05 Å². The largest absolute Gasteiger partial charge is 1.00 e. The summed E-state index contributed by atoms with van der Waals surface area (Å²) in [6, 6.07) is 0. The Bertz CT molecular complexity index is 161. The molecule has 11 heavy (non-hydrogen) atoms. The van der Waals surface area contributed by atoms with Gasteiger partial charge in [-0.05, 0) is 17.3 Å². The van der Waals surface area contributed by atoms with Crippen LogP contribution in [0, 0.1) is 0 Å². The van der Waals surface area contributed by atoms with Crippen LogP contribution in [0.2, 0.25) is 0 Å². The quantitative estimate of drug-likeness (QED) is 0.290. The molecule has 0 radical (unpaired) electrons. The number of allylic oxidation sites excluding steroid dienone is 1. The Kier molecular flexibility index (Phi) is 28.1. The van der Waals surface area contributed by atoms with E-state index >= 15 is 0 Å². The van der Waals surface area contributed by atoms with Gasteiger partial charge in [0.25, 0.3) is 0 Å². The fraction of sp³-hybridized carbons (Fsp3) is 0. The van der Waals surface area contributed by atoms with Crippen molar-refractivity contribution in [2.45, 2.75) is 0 Å². The second kappa shape index (κ2) is 13.6. The maximum atomic E-state index is 9.06. The number of hydrogen-bond acceptors (Lipinski definition) is 4. The van der Waals surface area contributed by atoms with Crippen molar-refractivity contribution >= 4 is 40.0 Å². The minimum Gasteiger partial charge on any atom is -0.748 e. The molecule has 62 valence electrons. The van der Waals surface area contributed by atoms with Gasteiger partial charge in [-0.25, -0.2) is 4.21 Å². The minimum absolute atomic E-state index is 0. The van der Waals surface area contributed by atoms with Gasteiger partial charge in [-0.1, -0.05) is 6.58 Å². The summed E-state index contributed by atoms with van der Waals surface area (Å²) in [5.41, 5.74) is 0. The molecule has 0 fully saturated rings. The van der Waals surface area contributed by atoms with Crippen LogP contribution in [0.5, 0.6) is 0 Å². The van der Waals surface area contributed by atoms with Crippen LogP contribution in [0.15, 0.2) is 12.7 Å². The molecule has 0 aromatic rings. The third-order valence-corrected chi connectivity index (χ3v) is 0.0962. The van der Waals surface area contributed by atoms with E-state index in [2.05, 4.69) is 17.8 Å². The Hall–Kier alpha value is 1.05. The molecule has 0 bridgehead atoms. The van der Waals surface area contributed by atoms with Crippen LogP contribution in [0.1, 0.15) is 0 Å². The van der Waals surface area contributed by atoms with Gasteiger partial charge in [-0.15, -0.1) is 0 Å². The van der Waals surface area contributed by atoms with Crippen molar-refractivity contribution in [3.63, 3.8) is 0 Å². The Balaban J connectivity index is -0.0000000383. The van der Waals surface area contributed by atoms with Gasteiger partial charge in [0.1, 0.15) is 6.29 Å². The van der Waals surface area contributed by atoms with E-state index in [0.29, 0.717) is 6.29 Å². The molecule has 0 rings (SSSR count). The summed E-state index contributed by atoms with van der Waals surface area (Å²) in [7, 11) is -4.08. The smallest absolute Gasteiger partial charge is 0.748 e. The fourth-order valence-electron chi connectivity index (χ4n) is 0. The van der Waals surface area contributed by atoms with Gasteiger partial charge in [-0.3, -0.25) is 4.79 Å². The fourth-order valence-corrected chi connectivity index (χ4v) is 0. The van der Waals surface area contributed by atoms with Gasteiger partial charge >= 0.3 is 29.6 Å². The zero-order valence-corrected chi connectivity index (χ0v) is 10.5. The van der Waals surface area contributed by atoms with E-state index < -0.39 is 9.05 Å². The SMILES string of the molecule is C=CC=O.O=S([O-])(O)=S.S.[Na+]. The van der Waals surface area contributed by atoms with Crippen LogP contribution in [0.25, 0.3) is 0 Å². The zero-order valence-electron chi connectivity index (χ0n) is 5.85. The van der Waals surface area contributed by atoms with Crippen LogP contribution < -0.4 is 29.6 Å². The monoisotopic (exact) mass is 226 g/mol. The van der Waals surface area contributed by atoms with E-state index in [1.54, 1.807) is 0 Å². The first-order valence-electron chi connectivity index (χ1n) is 1.66. The summed E-state index contributed by atoms with van der Waals surface area (Å²) in [6.45, 7) is 3.11. The van der Waals surface area contributed by atoms with Crippen molar-refractivity contribution in [3.8, 4) is 0 Å². The molecule has 1 atom stereocenters. The van der Waals surface area contributed by atoms with Crippen molar-refractivity contribution in [2.24, 2.45) is 0 Å². The van der Waals surface area contributed by atoms with E-state index in [1.807, 2.05) is 0 Å². The summed E-state index contributed by atoms with van der Waals surface area (Å²) < 4.78 is 25.3. The van der Waals surface area contributed by atoms with Crippen molar-refractivity contribution in [3.05, 3.63) is 12.7 Å². The molecule has 0 spiro atoms. The van der Waals surface area contributed by atoms with Gasteiger partial charge in [0, 0.05) is 0 Å². The Labute approximate surface area is 99.5 Å². The molecule has 1 unspecified atom stereocenters. The minimum atomic E-state index is -4.08. The Morgan fingerprint density at radius 2 is 1.73 bits per heavy atom. The summed E-state index contributed by atoms with van der Waals surface area (Å²) >= 11 is 3.35. The predicted molar refractivity (Wildman–Crippen MR) is 45.6 cm³/mol. The number of aldehydes is 1. The molecule has 0 saturated carbocycles. The molecule has 0 heterocycles. The molecule has 8 heteroatoms. The summed E-state index contributed by atoms with van der Waals surface area (Å²) in [5.74, 6) is 0. The number of carbonyl (C=O) groups excluding carboxylic acids is 1. The van der Waals surface area contributed by atoms with Crippen molar-refractivity contribution in [2.75, 3.05) is 0 Å². The molecule has 1 N–H and O–H groups in total. The van der Waals surface area contributed by atoms with Crippen LogP contribution in [-0.2, 0) is 25.0 Å². The number of hydrogen-bond donors (Lipinski definition) is 1. The second-order valence-electron chi connectivity index (χ2n) is 0.800. The van der Waals surface area contributed by atoms with E-state index in [1.165, 1.54) is 6.08 Å². The molecule has 4 nitrogen and oxygen atoms in total. The first-order valence-corrected chi connectivity index (χ1v) is 4.03. The van der Waals surface area contributed by atoms with E-state index in [-0.39, 0.29) is 43.1 Å². The average molecular weight is 226 g/mol. The molecular formula is C3H7NaO4S3. The van der Waals surface area contributed by atoms with Crippen LogP contribution >= 0.6 is 13.5 Å². The maximum Gasteiger partial charge on any atom is 1.00 e. The third kappa shape index (κ3) is 215. The third-order valence-electron chi connectivity index (χ3n) is 0.0962. The predicted octanol–water partition coefficient (Wildman–Crippen LogP) is -3.18. The second-order valence-corrected chi connectivity index (χ2v) is 2.92. The van der Waals surface area contributed by atoms with Crippen molar-refractivity contribution in [1.82, 2.24) is 0 Å². The first-order chi connectivity index (χ1) is 3.91. The van der Waals surface area contributed by atoms with Crippen LogP contribution in [0.3, 0.4) is 0 Å². The van der Waals surface area contributed by atoms with Crippen LogP contribution in [-0.4, -0.2) is 19.6 Å². The molecule has 0 amide bonds. The summed E-state index contributed by atoms with van der Waals surface area (Å²) in [6.07, 6.45) is 1.83. The maximum absolute atomic E-state index is 9.06. The van der Waals surface area contributed by atoms with E-state index in [0.717, 1.165) is 0 Å². The van der Waals surface area contributed by atoms with Crippen molar-refractivity contribution in [1.29, 1.82) is 0 Å². The molecule has 0 aromatic carbocycles. The molecule has 0 saturated heterocycles. The number of rotatable bonds is 1. The van der Waals surface area contributed by atoms with E-state index in [9.17, 15) is 0 Å². The molecule has 0 aromatic heterocycles. The molecule has 0 aliphatic heterocycles. The van der Waals surface area contributed by atoms with Gasteiger partial charge in [-0.2, -0.15) is 13.5 Å². The summed E-state index contributed by atoms with van der Waals surface area (Å²) in [4.78, 5) is 9.06. The van der Waals surface area contributed by atoms with Gasteiger partial charge < -0.3 is 9.11 Å². The van der Waals surface area contributed by atoms with E-state index in [4.69, 9.17) is 18.1 Å². The van der Waals surface area contributed by atoms with Crippen LogP contribution in [0.4, 0.5) is 0 Å². The number of carbonyl (C=O) groups is 1. The molecular weight excluding hydrogens is 219 g/mol. The standard InChI is InChI=1S/C3H4O.Na.H2O3S2.H2S/c1-2-3-4;;1-5(2,3)4;/h2-3H,1H2;;(H2,1,2,3,4);1H2/q;+1;;/p-1. The van der Waals surface area contributed by atoms with Crippen molar-refractivity contribution < 1.29 is 47.7 Å². The first kappa shape index (κ1) is 22.7. The summed E-state index contributed by atoms with van der Waals surface area (Å²) in [5, 5.41) is 0. The average Bonchev–Trinajstić information content (AvgIpc) is 1.61. The Morgan fingerprint density at radius 3 is 1.73 bits per heavy atom. The zero-order chi connectivity index (χ0) is 7.91. The Morgan fingerprint density at radius 1 is 1.64 bits per heavy atom. The normalized spacial score (nSPS) is 11.5. The molecule has 0 aliphatic rings.